The van der Waals surface area contributed by atoms with Crippen molar-refractivity contribution in [3.63, 3.8) is 0 Å². The number of nitro groups is 1. The number of nitro benzene ring substituents is 1. The van der Waals surface area contributed by atoms with E-state index in [1.165, 1.54) is 12.1 Å². The molecule has 1 heterocycles. The van der Waals surface area contributed by atoms with Crippen LogP contribution in [-0.2, 0) is 19.6 Å². The van der Waals surface area contributed by atoms with Crippen molar-refractivity contribution in [3.05, 3.63) is 34.4 Å². The maximum atomic E-state index is 12.2. The fraction of sp³-hybridized carbons (Fsp3) is 0.500. The number of ether oxygens (including phenoxy) is 1. The Morgan fingerprint density at radius 1 is 1.27 bits per heavy atom. The number of amides is 1. The number of carbonyl (C=O) groups is 1. The number of hydrogen-bond acceptors (Lipinski definition) is 7. The fourth-order valence-corrected chi connectivity index (χ4v) is 3.62. The van der Waals surface area contributed by atoms with Crippen molar-refractivity contribution in [2.24, 2.45) is 5.73 Å². The minimum absolute atomic E-state index is 0. The van der Waals surface area contributed by atoms with Crippen LogP contribution in [0.25, 0.3) is 0 Å². The molecule has 1 aromatic carbocycles. The van der Waals surface area contributed by atoms with Crippen molar-refractivity contribution in [2.75, 3.05) is 26.3 Å². The summed E-state index contributed by atoms with van der Waals surface area (Å²) in [6.45, 7) is 0.688. The van der Waals surface area contributed by atoms with Crippen LogP contribution in [0.5, 0.6) is 0 Å². The third-order valence-corrected chi connectivity index (χ3v) is 5.40. The second kappa shape index (κ2) is 9.24. The van der Waals surface area contributed by atoms with Crippen molar-refractivity contribution >= 4 is 34.0 Å². The molecular weight excluding hydrogens is 388 g/mol. The molecule has 12 heteroatoms. The summed E-state index contributed by atoms with van der Waals surface area (Å²) in [5, 5.41) is 13.5. The third-order valence-electron chi connectivity index (χ3n) is 3.89. The predicted molar refractivity (Wildman–Crippen MR) is 95.5 cm³/mol. The highest BCUT2D eigenvalue weighted by Crippen LogP contribution is 2.22. The molecule has 1 saturated heterocycles. The van der Waals surface area contributed by atoms with Gasteiger partial charge in [0.2, 0.25) is 15.9 Å². The molecule has 1 aliphatic rings. The van der Waals surface area contributed by atoms with Gasteiger partial charge in [0.15, 0.2) is 4.90 Å². The van der Waals surface area contributed by atoms with E-state index in [9.17, 15) is 23.3 Å². The normalized spacial score (nSPS) is 16.3. The first-order valence-electron chi connectivity index (χ1n) is 7.64. The number of nitrogens with one attached hydrogen (secondary N) is 2. The van der Waals surface area contributed by atoms with E-state index in [-0.39, 0.29) is 31.4 Å². The van der Waals surface area contributed by atoms with E-state index >= 15 is 0 Å². The number of carbonyl (C=O) groups excluding carboxylic acids is 1. The molecule has 0 unspecified atom stereocenters. The molecule has 10 nitrogen and oxygen atoms in total. The summed E-state index contributed by atoms with van der Waals surface area (Å²) in [4.78, 5) is 21.8. The number of hydrogen-bond donors (Lipinski definition) is 3. The van der Waals surface area contributed by atoms with E-state index in [1.807, 2.05) is 0 Å². The van der Waals surface area contributed by atoms with E-state index in [2.05, 4.69) is 10.0 Å². The quantitative estimate of drug-likeness (QED) is 0.324. The predicted octanol–water partition coefficient (Wildman–Crippen LogP) is -0.0810. The summed E-state index contributed by atoms with van der Waals surface area (Å²) in [5.74, 6) is -0.374. The van der Waals surface area contributed by atoms with Gasteiger partial charge < -0.3 is 15.8 Å². The summed E-state index contributed by atoms with van der Waals surface area (Å²) < 4.78 is 31.8. The fourth-order valence-electron chi connectivity index (χ4n) is 2.41. The van der Waals surface area contributed by atoms with Gasteiger partial charge in [-0.15, -0.1) is 12.4 Å². The largest absolute Gasteiger partial charge is 0.381 e. The molecule has 1 fully saturated rings. The molecule has 1 amide bonds. The molecule has 4 N–H and O–H groups in total. The van der Waals surface area contributed by atoms with Gasteiger partial charge in [0, 0.05) is 32.4 Å². The summed E-state index contributed by atoms with van der Waals surface area (Å²) >= 11 is 0. The van der Waals surface area contributed by atoms with Crippen LogP contribution in [0.2, 0.25) is 0 Å². The lowest BCUT2D eigenvalue weighted by molar-refractivity contribution is -0.387. The number of halogens is 1. The zero-order valence-electron chi connectivity index (χ0n) is 13.8. The topological polar surface area (TPSA) is 154 Å². The maximum absolute atomic E-state index is 12.2. The maximum Gasteiger partial charge on any atom is 0.289 e. The number of nitrogens with two attached hydrogens (primary N) is 1. The molecule has 2 rings (SSSR count). The molecule has 26 heavy (non-hydrogen) atoms. The molecule has 0 aromatic heterocycles. The number of sulfonamides is 1. The van der Waals surface area contributed by atoms with Crippen LogP contribution in [0.15, 0.2) is 29.2 Å². The summed E-state index contributed by atoms with van der Waals surface area (Å²) in [6, 6.07) is 5.04. The second-order valence-corrected chi connectivity index (χ2v) is 7.38. The smallest absolute Gasteiger partial charge is 0.289 e. The molecule has 0 spiro atoms. The third kappa shape index (κ3) is 5.35. The van der Waals surface area contributed by atoms with Gasteiger partial charge in [-0.2, -0.15) is 0 Å². The van der Waals surface area contributed by atoms with Gasteiger partial charge >= 0.3 is 0 Å². The average molecular weight is 409 g/mol. The second-order valence-electron chi connectivity index (χ2n) is 5.65. The van der Waals surface area contributed by atoms with Gasteiger partial charge in [-0.05, 0) is 18.9 Å². The van der Waals surface area contributed by atoms with Crippen LogP contribution >= 0.6 is 12.4 Å². The van der Waals surface area contributed by atoms with Gasteiger partial charge in [0.1, 0.15) is 0 Å². The highest BCUT2D eigenvalue weighted by Gasteiger charge is 2.35. The first kappa shape index (κ1) is 22.3. The van der Waals surface area contributed by atoms with Crippen LogP contribution in [0.3, 0.4) is 0 Å². The minimum Gasteiger partial charge on any atom is -0.381 e. The number of para-hydroxylation sites is 1. The van der Waals surface area contributed by atoms with Crippen LogP contribution < -0.4 is 15.8 Å². The van der Waals surface area contributed by atoms with Crippen LogP contribution in [-0.4, -0.2) is 51.1 Å². The molecule has 0 radical (unpaired) electrons. The summed E-state index contributed by atoms with van der Waals surface area (Å²) in [7, 11) is -4.07. The average Bonchev–Trinajstić information content (AvgIpc) is 2.59. The minimum atomic E-state index is -4.07. The Bertz CT molecular complexity index is 752. The number of rotatable bonds is 7. The van der Waals surface area contributed by atoms with E-state index < -0.39 is 31.1 Å². The SMILES string of the molecule is Cl.NC1(C(=O)NCCNS(=O)(=O)c2ccccc2[N+](=O)[O-])CCOCC1. The van der Waals surface area contributed by atoms with Crippen LogP contribution in [0.1, 0.15) is 12.8 Å². The zero-order valence-corrected chi connectivity index (χ0v) is 15.5. The van der Waals surface area contributed by atoms with Gasteiger partial charge in [0.25, 0.3) is 5.69 Å². The van der Waals surface area contributed by atoms with E-state index in [0.717, 1.165) is 12.1 Å². The van der Waals surface area contributed by atoms with Crippen LogP contribution in [0.4, 0.5) is 5.69 Å². The Balaban J connectivity index is 0.00000338. The lowest BCUT2D eigenvalue weighted by atomic mass is 9.90. The lowest BCUT2D eigenvalue weighted by Gasteiger charge is -2.31. The van der Waals surface area contributed by atoms with E-state index in [0.29, 0.717) is 26.1 Å². The number of benzene rings is 1. The Morgan fingerprint density at radius 3 is 2.50 bits per heavy atom. The standard InChI is InChI=1S/C14H20N4O6S.ClH/c15-14(5-9-24-10-6-14)13(19)16-7-8-17-25(22,23)12-4-2-1-3-11(12)18(20)21;/h1-4,17H,5-10,15H2,(H,16,19);1H. The van der Waals surface area contributed by atoms with Gasteiger partial charge in [-0.3, -0.25) is 14.9 Å². The first-order valence-corrected chi connectivity index (χ1v) is 9.13. The molecular formula is C14H21ClN4O6S. The zero-order chi connectivity index (χ0) is 18.5. The molecule has 146 valence electrons. The molecule has 0 aliphatic carbocycles. The van der Waals surface area contributed by atoms with Crippen molar-refractivity contribution in [1.29, 1.82) is 0 Å². The molecule has 0 bridgehead atoms. The van der Waals surface area contributed by atoms with Crippen LogP contribution in [0, 0.1) is 10.1 Å². The van der Waals surface area contributed by atoms with Crippen molar-refractivity contribution in [2.45, 2.75) is 23.3 Å². The lowest BCUT2D eigenvalue weighted by Crippen LogP contribution is -2.57. The molecule has 0 saturated carbocycles. The monoisotopic (exact) mass is 408 g/mol. The van der Waals surface area contributed by atoms with E-state index in [1.54, 1.807) is 0 Å². The molecule has 1 aliphatic heterocycles. The summed E-state index contributed by atoms with van der Waals surface area (Å²) in [5.41, 5.74) is 4.48. The molecule has 0 atom stereocenters. The first-order chi connectivity index (χ1) is 11.8. The Kier molecular flexibility index (Phi) is 7.90. The number of nitrogens with zero attached hydrogens (tertiary/aromatic N) is 1. The van der Waals surface area contributed by atoms with Gasteiger partial charge in [0.05, 0.1) is 10.5 Å². The van der Waals surface area contributed by atoms with Crippen molar-refractivity contribution in [3.8, 4) is 0 Å². The highest BCUT2D eigenvalue weighted by molar-refractivity contribution is 7.89. The Labute approximate surface area is 157 Å². The summed E-state index contributed by atoms with van der Waals surface area (Å²) in [6.07, 6.45) is 0.779. The van der Waals surface area contributed by atoms with Gasteiger partial charge in [-0.1, -0.05) is 12.1 Å². The Morgan fingerprint density at radius 2 is 1.88 bits per heavy atom. The highest BCUT2D eigenvalue weighted by atomic mass is 35.5. The van der Waals surface area contributed by atoms with Crippen molar-refractivity contribution in [1.82, 2.24) is 10.0 Å². The molecule has 1 aromatic rings. The Hall–Kier alpha value is -1.79. The van der Waals surface area contributed by atoms with E-state index in [4.69, 9.17) is 10.5 Å². The van der Waals surface area contributed by atoms with Gasteiger partial charge in [-0.25, -0.2) is 13.1 Å². The van der Waals surface area contributed by atoms with Crippen molar-refractivity contribution < 1.29 is 22.9 Å².